The van der Waals surface area contributed by atoms with Crippen LogP contribution in [0, 0.1) is 6.92 Å². The fraction of sp³-hybridized carbons (Fsp3) is 0.375. The highest BCUT2D eigenvalue weighted by Crippen LogP contribution is 2.14. The third-order valence-corrected chi connectivity index (χ3v) is 3.21. The first-order valence-electron chi connectivity index (χ1n) is 6.86. The number of carbonyl (C=O) groups is 1. The molecule has 4 heteroatoms. The first-order chi connectivity index (χ1) is 9.56. The van der Waals surface area contributed by atoms with Gasteiger partial charge in [-0.2, -0.15) is 0 Å². The Bertz CT molecular complexity index is 570. The van der Waals surface area contributed by atoms with Gasteiger partial charge in [0.2, 0.25) is 0 Å². The van der Waals surface area contributed by atoms with Crippen molar-refractivity contribution < 1.29 is 9.32 Å². The number of rotatable bonds is 5. The van der Waals surface area contributed by atoms with E-state index in [1.807, 2.05) is 0 Å². The van der Waals surface area contributed by atoms with E-state index in [1.54, 1.807) is 13.0 Å². The topological polar surface area (TPSA) is 55.1 Å². The molecule has 0 aliphatic carbocycles. The number of carbonyl (C=O) groups excluding carboxylic acids is 1. The van der Waals surface area contributed by atoms with Crippen LogP contribution in [0.25, 0.3) is 0 Å². The zero-order valence-electron chi connectivity index (χ0n) is 12.1. The molecule has 2 rings (SSSR count). The summed E-state index contributed by atoms with van der Waals surface area (Å²) in [5.41, 5.74) is 2.87. The Kier molecular flexibility index (Phi) is 4.56. The molecule has 0 spiro atoms. The summed E-state index contributed by atoms with van der Waals surface area (Å²) in [6, 6.07) is 10.1. The van der Waals surface area contributed by atoms with E-state index in [0.29, 0.717) is 23.9 Å². The molecule has 2 aromatic rings. The summed E-state index contributed by atoms with van der Waals surface area (Å²) in [4.78, 5) is 11.8. The number of aryl methyl sites for hydroxylation is 1. The predicted molar refractivity (Wildman–Crippen MR) is 77.8 cm³/mol. The molecule has 0 saturated carbocycles. The van der Waals surface area contributed by atoms with E-state index in [0.717, 1.165) is 6.42 Å². The van der Waals surface area contributed by atoms with Crippen LogP contribution in [0.2, 0.25) is 0 Å². The number of nitrogens with zero attached hydrogens (tertiary/aromatic N) is 1. The third kappa shape index (κ3) is 3.70. The van der Waals surface area contributed by atoms with E-state index < -0.39 is 0 Å². The maximum absolute atomic E-state index is 11.8. The van der Waals surface area contributed by atoms with Crippen LogP contribution >= 0.6 is 0 Å². The summed E-state index contributed by atoms with van der Waals surface area (Å²) >= 11 is 0. The van der Waals surface area contributed by atoms with Crippen molar-refractivity contribution in [3.8, 4) is 0 Å². The lowest BCUT2D eigenvalue weighted by molar-refractivity contribution is 0.0945. The highest BCUT2D eigenvalue weighted by atomic mass is 16.5. The van der Waals surface area contributed by atoms with Gasteiger partial charge < -0.3 is 9.84 Å². The van der Waals surface area contributed by atoms with E-state index in [9.17, 15) is 4.79 Å². The monoisotopic (exact) mass is 272 g/mol. The molecular weight excluding hydrogens is 252 g/mol. The van der Waals surface area contributed by atoms with E-state index in [1.165, 1.54) is 11.1 Å². The highest BCUT2D eigenvalue weighted by Gasteiger charge is 2.09. The number of hydrogen-bond acceptors (Lipinski definition) is 3. The Morgan fingerprint density at radius 1 is 1.30 bits per heavy atom. The molecule has 0 radical (unpaired) electrons. The summed E-state index contributed by atoms with van der Waals surface area (Å²) in [7, 11) is 0. The van der Waals surface area contributed by atoms with Gasteiger partial charge in [-0.05, 0) is 30.4 Å². The Balaban J connectivity index is 1.82. The SMILES string of the molecule is Cc1cc(C(=O)NCCc2ccc(C(C)C)cc2)no1. The van der Waals surface area contributed by atoms with E-state index in [2.05, 4.69) is 48.6 Å². The summed E-state index contributed by atoms with van der Waals surface area (Å²) in [6.45, 7) is 6.70. The minimum absolute atomic E-state index is 0.194. The largest absolute Gasteiger partial charge is 0.361 e. The lowest BCUT2D eigenvalue weighted by atomic mass is 10.0. The molecule has 1 amide bonds. The molecular formula is C16H20N2O2. The number of nitrogens with one attached hydrogen (secondary N) is 1. The zero-order valence-corrected chi connectivity index (χ0v) is 12.1. The highest BCUT2D eigenvalue weighted by molar-refractivity contribution is 5.92. The van der Waals surface area contributed by atoms with Gasteiger partial charge in [0.25, 0.3) is 5.91 Å². The van der Waals surface area contributed by atoms with Gasteiger partial charge in [-0.15, -0.1) is 0 Å². The van der Waals surface area contributed by atoms with Crippen molar-refractivity contribution in [3.63, 3.8) is 0 Å². The Morgan fingerprint density at radius 2 is 2.00 bits per heavy atom. The second-order valence-electron chi connectivity index (χ2n) is 5.22. The predicted octanol–water partition coefficient (Wildman–Crippen LogP) is 3.08. The molecule has 4 nitrogen and oxygen atoms in total. The molecule has 0 fully saturated rings. The van der Waals surface area contributed by atoms with E-state index >= 15 is 0 Å². The first-order valence-corrected chi connectivity index (χ1v) is 6.86. The third-order valence-electron chi connectivity index (χ3n) is 3.21. The van der Waals surface area contributed by atoms with Gasteiger partial charge in [-0.1, -0.05) is 43.3 Å². The lowest BCUT2D eigenvalue weighted by Gasteiger charge is -2.07. The van der Waals surface area contributed by atoms with Crippen LogP contribution in [0.5, 0.6) is 0 Å². The molecule has 0 aliphatic heterocycles. The van der Waals surface area contributed by atoms with Gasteiger partial charge in [0.1, 0.15) is 5.76 Å². The van der Waals surface area contributed by atoms with Crippen molar-refractivity contribution in [1.29, 1.82) is 0 Å². The normalized spacial score (nSPS) is 10.8. The van der Waals surface area contributed by atoms with Crippen LogP contribution in [0.4, 0.5) is 0 Å². The van der Waals surface area contributed by atoms with Crippen molar-refractivity contribution in [3.05, 3.63) is 52.9 Å². The number of hydrogen-bond donors (Lipinski definition) is 1. The molecule has 1 N–H and O–H groups in total. The minimum atomic E-state index is -0.194. The van der Waals surface area contributed by atoms with Crippen LogP contribution in [-0.2, 0) is 6.42 Å². The van der Waals surface area contributed by atoms with E-state index in [4.69, 9.17) is 4.52 Å². The average Bonchev–Trinajstić information content (AvgIpc) is 2.86. The summed E-state index contributed by atoms with van der Waals surface area (Å²) in [6.07, 6.45) is 0.806. The molecule has 0 bridgehead atoms. The molecule has 0 aliphatic rings. The summed E-state index contributed by atoms with van der Waals surface area (Å²) in [5.74, 6) is 0.985. The average molecular weight is 272 g/mol. The molecule has 0 unspecified atom stereocenters. The van der Waals surface area contributed by atoms with Crippen molar-refractivity contribution in [2.75, 3.05) is 6.54 Å². The van der Waals surface area contributed by atoms with Gasteiger partial charge >= 0.3 is 0 Å². The fourth-order valence-electron chi connectivity index (χ4n) is 1.95. The van der Waals surface area contributed by atoms with Crippen LogP contribution in [0.3, 0.4) is 0 Å². The summed E-state index contributed by atoms with van der Waals surface area (Å²) in [5, 5.41) is 6.52. The van der Waals surface area contributed by atoms with Gasteiger partial charge in [0.05, 0.1) is 0 Å². The van der Waals surface area contributed by atoms with Crippen molar-refractivity contribution in [2.24, 2.45) is 0 Å². The van der Waals surface area contributed by atoms with Gasteiger partial charge in [0, 0.05) is 12.6 Å². The van der Waals surface area contributed by atoms with Crippen LogP contribution < -0.4 is 5.32 Å². The van der Waals surface area contributed by atoms with E-state index in [-0.39, 0.29) is 5.91 Å². The minimum Gasteiger partial charge on any atom is -0.361 e. The standard InChI is InChI=1S/C16H20N2O2/c1-11(2)14-6-4-13(5-7-14)8-9-17-16(19)15-10-12(3)20-18-15/h4-7,10-11H,8-9H2,1-3H3,(H,17,19). The molecule has 0 saturated heterocycles. The zero-order chi connectivity index (χ0) is 14.5. The second kappa shape index (κ2) is 6.37. The number of amides is 1. The Morgan fingerprint density at radius 3 is 2.55 bits per heavy atom. The fourth-order valence-corrected chi connectivity index (χ4v) is 1.95. The molecule has 20 heavy (non-hydrogen) atoms. The molecule has 106 valence electrons. The molecule has 1 aromatic carbocycles. The lowest BCUT2D eigenvalue weighted by Crippen LogP contribution is -2.25. The smallest absolute Gasteiger partial charge is 0.273 e. The maximum Gasteiger partial charge on any atom is 0.273 e. The van der Waals surface area contributed by atoms with Crippen LogP contribution in [0.15, 0.2) is 34.9 Å². The van der Waals surface area contributed by atoms with Crippen LogP contribution in [0.1, 0.15) is 47.1 Å². The number of aromatic nitrogens is 1. The van der Waals surface area contributed by atoms with Crippen molar-refractivity contribution >= 4 is 5.91 Å². The van der Waals surface area contributed by atoms with Crippen molar-refractivity contribution in [2.45, 2.75) is 33.1 Å². The quantitative estimate of drug-likeness (QED) is 0.910. The van der Waals surface area contributed by atoms with Gasteiger partial charge in [-0.3, -0.25) is 4.79 Å². The Hall–Kier alpha value is -2.10. The molecule has 0 atom stereocenters. The first kappa shape index (κ1) is 14.3. The number of benzene rings is 1. The van der Waals surface area contributed by atoms with Gasteiger partial charge in [0.15, 0.2) is 5.69 Å². The second-order valence-corrected chi connectivity index (χ2v) is 5.22. The summed E-state index contributed by atoms with van der Waals surface area (Å²) < 4.78 is 4.87. The maximum atomic E-state index is 11.8. The molecule has 1 aromatic heterocycles. The molecule has 1 heterocycles. The van der Waals surface area contributed by atoms with Crippen LogP contribution in [-0.4, -0.2) is 17.6 Å². The Labute approximate surface area is 119 Å². The van der Waals surface area contributed by atoms with Gasteiger partial charge in [-0.25, -0.2) is 0 Å². The van der Waals surface area contributed by atoms with Crippen molar-refractivity contribution in [1.82, 2.24) is 10.5 Å².